The molecule has 0 saturated heterocycles. The Labute approximate surface area is 162 Å². The molecule has 0 radical (unpaired) electrons. The topological polar surface area (TPSA) is 76.4 Å². The third kappa shape index (κ3) is 7.29. The predicted octanol–water partition coefficient (Wildman–Crippen LogP) is 2.43. The number of nitrogens with zero attached hydrogens (tertiary/aromatic N) is 4. The Morgan fingerprint density at radius 2 is 1.93 bits per heavy atom. The molecule has 0 saturated carbocycles. The average molecular weight is 373 g/mol. The van der Waals surface area contributed by atoms with Crippen molar-refractivity contribution in [3.63, 3.8) is 0 Å². The van der Waals surface area contributed by atoms with E-state index in [1.54, 1.807) is 13.4 Å². The van der Waals surface area contributed by atoms with Gasteiger partial charge in [-0.25, -0.2) is 0 Å². The second-order valence-electron chi connectivity index (χ2n) is 6.32. The third-order valence-electron chi connectivity index (χ3n) is 4.28. The molecule has 2 aromatic rings. The van der Waals surface area contributed by atoms with Crippen molar-refractivity contribution in [2.45, 2.75) is 46.1 Å². The second-order valence-corrected chi connectivity index (χ2v) is 6.32. The lowest BCUT2D eigenvalue weighted by Crippen LogP contribution is -2.39. The maximum Gasteiger partial charge on any atom is 0.191 e. The van der Waals surface area contributed by atoms with Gasteiger partial charge in [-0.3, -0.25) is 4.99 Å². The lowest BCUT2D eigenvalue weighted by molar-refractivity contribution is 0.309. The molecule has 7 heteroatoms. The number of hydrogen-bond acceptors (Lipinski definition) is 4. The van der Waals surface area contributed by atoms with E-state index in [2.05, 4.69) is 56.4 Å². The van der Waals surface area contributed by atoms with Crippen molar-refractivity contribution >= 4 is 5.96 Å². The van der Waals surface area contributed by atoms with E-state index in [1.165, 1.54) is 5.56 Å². The number of benzene rings is 1. The van der Waals surface area contributed by atoms with E-state index in [-0.39, 0.29) is 0 Å². The molecule has 0 amide bonds. The van der Waals surface area contributed by atoms with E-state index in [4.69, 9.17) is 4.74 Å². The van der Waals surface area contributed by atoms with E-state index in [0.29, 0.717) is 0 Å². The highest BCUT2D eigenvalue weighted by Crippen LogP contribution is 2.12. The van der Waals surface area contributed by atoms with E-state index in [9.17, 15) is 0 Å². The zero-order valence-corrected chi connectivity index (χ0v) is 16.7. The number of nitrogens with one attached hydrogen (secondary N) is 2. The number of guanidine groups is 1. The highest BCUT2D eigenvalue weighted by molar-refractivity contribution is 5.79. The van der Waals surface area contributed by atoms with E-state index in [0.717, 1.165) is 69.5 Å². The second kappa shape index (κ2) is 11.9. The van der Waals surface area contributed by atoms with Crippen LogP contribution in [0.1, 0.15) is 38.1 Å². The van der Waals surface area contributed by atoms with Gasteiger partial charge < -0.3 is 19.9 Å². The summed E-state index contributed by atoms with van der Waals surface area (Å²) in [6.45, 7) is 7.44. The Morgan fingerprint density at radius 1 is 1.15 bits per heavy atom. The largest absolute Gasteiger partial charge is 0.494 e. The van der Waals surface area contributed by atoms with Crippen molar-refractivity contribution in [1.82, 2.24) is 25.4 Å². The van der Waals surface area contributed by atoms with Crippen molar-refractivity contribution in [2.24, 2.45) is 4.99 Å². The minimum atomic E-state index is 0.772. The number of aryl methyl sites for hydroxylation is 1. The predicted molar refractivity (Wildman–Crippen MR) is 109 cm³/mol. The highest BCUT2D eigenvalue weighted by atomic mass is 16.5. The van der Waals surface area contributed by atoms with Gasteiger partial charge in [-0.15, -0.1) is 10.2 Å². The quantitative estimate of drug-likeness (QED) is 0.360. The summed E-state index contributed by atoms with van der Waals surface area (Å²) in [5, 5.41) is 14.7. The van der Waals surface area contributed by atoms with Crippen molar-refractivity contribution in [1.29, 1.82) is 0 Å². The highest BCUT2D eigenvalue weighted by Gasteiger charge is 2.02. The summed E-state index contributed by atoms with van der Waals surface area (Å²) in [7, 11) is 1.79. The normalized spacial score (nSPS) is 11.4. The Bertz CT molecular complexity index is 680. The van der Waals surface area contributed by atoms with Gasteiger partial charge in [0, 0.05) is 33.1 Å². The van der Waals surface area contributed by atoms with Crippen molar-refractivity contribution < 1.29 is 4.74 Å². The third-order valence-corrected chi connectivity index (χ3v) is 4.28. The van der Waals surface area contributed by atoms with Gasteiger partial charge in [-0.05, 0) is 30.5 Å². The SMILES string of the molecule is CCCCOc1ccc(CCNC(=NC)NCCn2cnnc2CC)cc1. The molecular weight excluding hydrogens is 340 g/mol. The van der Waals surface area contributed by atoms with Crippen LogP contribution in [0, 0.1) is 0 Å². The summed E-state index contributed by atoms with van der Waals surface area (Å²) in [5.74, 6) is 2.75. The minimum absolute atomic E-state index is 0.772. The molecule has 1 heterocycles. The van der Waals surface area contributed by atoms with Gasteiger partial charge in [-0.2, -0.15) is 0 Å². The molecule has 2 rings (SSSR count). The number of aliphatic imine (C=N–C) groups is 1. The Balaban J connectivity index is 1.67. The molecule has 0 aliphatic carbocycles. The molecule has 0 atom stereocenters. The van der Waals surface area contributed by atoms with Crippen LogP contribution >= 0.6 is 0 Å². The number of aromatic nitrogens is 3. The number of rotatable bonds is 11. The van der Waals surface area contributed by atoms with Crippen molar-refractivity contribution in [3.8, 4) is 5.75 Å². The molecule has 27 heavy (non-hydrogen) atoms. The summed E-state index contributed by atoms with van der Waals surface area (Å²) < 4.78 is 7.76. The van der Waals surface area contributed by atoms with Gasteiger partial charge in [0.15, 0.2) is 5.96 Å². The van der Waals surface area contributed by atoms with Crippen molar-refractivity contribution in [2.75, 3.05) is 26.7 Å². The van der Waals surface area contributed by atoms with Crippen LogP contribution in [0.4, 0.5) is 0 Å². The van der Waals surface area contributed by atoms with Gasteiger partial charge in [0.05, 0.1) is 6.61 Å². The zero-order valence-electron chi connectivity index (χ0n) is 16.7. The molecule has 2 N–H and O–H groups in total. The standard InChI is InChI=1S/C20H32N6O/c1-4-6-15-27-18-9-7-17(8-10-18)11-12-22-20(21-3)23-13-14-26-16-24-25-19(26)5-2/h7-10,16H,4-6,11-15H2,1-3H3,(H2,21,22,23). The fraction of sp³-hybridized carbons (Fsp3) is 0.550. The van der Waals surface area contributed by atoms with Crippen LogP contribution in [-0.4, -0.2) is 47.5 Å². The summed E-state index contributed by atoms with van der Waals surface area (Å²) in [6, 6.07) is 8.33. The number of ether oxygens (including phenoxy) is 1. The first-order chi connectivity index (χ1) is 13.3. The fourth-order valence-corrected chi connectivity index (χ4v) is 2.67. The Hall–Kier alpha value is -2.57. The fourth-order valence-electron chi connectivity index (χ4n) is 2.67. The van der Waals surface area contributed by atoms with Crippen LogP contribution in [0.25, 0.3) is 0 Å². The summed E-state index contributed by atoms with van der Waals surface area (Å²) >= 11 is 0. The lowest BCUT2D eigenvalue weighted by atomic mass is 10.1. The first-order valence-corrected chi connectivity index (χ1v) is 9.79. The molecule has 148 valence electrons. The van der Waals surface area contributed by atoms with Gasteiger partial charge in [0.25, 0.3) is 0 Å². The van der Waals surface area contributed by atoms with Crippen LogP contribution in [0.2, 0.25) is 0 Å². The molecule has 0 aliphatic heterocycles. The van der Waals surface area contributed by atoms with Crippen LogP contribution < -0.4 is 15.4 Å². The van der Waals surface area contributed by atoms with Gasteiger partial charge >= 0.3 is 0 Å². The first-order valence-electron chi connectivity index (χ1n) is 9.79. The van der Waals surface area contributed by atoms with Crippen LogP contribution in [0.15, 0.2) is 35.6 Å². The summed E-state index contributed by atoms with van der Waals surface area (Å²) in [6.07, 6.45) is 5.83. The molecule has 1 aromatic heterocycles. The molecule has 0 fully saturated rings. The molecule has 1 aromatic carbocycles. The van der Waals surface area contributed by atoms with Gasteiger partial charge in [0.1, 0.15) is 17.9 Å². The molecule has 0 aliphatic rings. The molecule has 0 bridgehead atoms. The maximum atomic E-state index is 5.70. The summed E-state index contributed by atoms with van der Waals surface area (Å²) in [5.41, 5.74) is 1.28. The number of unbranched alkanes of at least 4 members (excludes halogenated alkanes) is 1. The molecular formula is C20H32N6O. The monoisotopic (exact) mass is 372 g/mol. The molecule has 0 unspecified atom stereocenters. The number of hydrogen-bond donors (Lipinski definition) is 2. The smallest absolute Gasteiger partial charge is 0.191 e. The minimum Gasteiger partial charge on any atom is -0.494 e. The maximum absolute atomic E-state index is 5.70. The van der Waals surface area contributed by atoms with Crippen LogP contribution in [0.3, 0.4) is 0 Å². The van der Waals surface area contributed by atoms with E-state index < -0.39 is 0 Å². The molecule has 7 nitrogen and oxygen atoms in total. The van der Waals surface area contributed by atoms with Crippen LogP contribution in [0.5, 0.6) is 5.75 Å². The van der Waals surface area contributed by atoms with Crippen LogP contribution in [-0.2, 0) is 19.4 Å². The Morgan fingerprint density at radius 3 is 2.63 bits per heavy atom. The van der Waals surface area contributed by atoms with Gasteiger partial charge in [-0.1, -0.05) is 32.4 Å². The Kier molecular flexibility index (Phi) is 9.17. The lowest BCUT2D eigenvalue weighted by Gasteiger charge is -2.13. The van der Waals surface area contributed by atoms with Gasteiger partial charge in [0.2, 0.25) is 0 Å². The first kappa shape index (κ1) is 20.7. The average Bonchev–Trinajstić information content (AvgIpc) is 3.15. The van der Waals surface area contributed by atoms with Crippen molar-refractivity contribution in [3.05, 3.63) is 42.0 Å². The zero-order chi connectivity index (χ0) is 19.3. The molecule has 0 spiro atoms. The van der Waals surface area contributed by atoms with E-state index in [1.807, 2.05) is 12.1 Å². The van der Waals surface area contributed by atoms with E-state index >= 15 is 0 Å². The summed E-state index contributed by atoms with van der Waals surface area (Å²) in [4.78, 5) is 4.27.